The second-order valence-electron chi connectivity index (χ2n) is 7.53. The highest BCUT2D eigenvalue weighted by atomic mass is 35.5. The van der Waals surface area contributed by atoms with Crippen molar-refractivity contribution in [3.63, 3.8) is 0 Å². The number of hydrogen-bond donors (Lipinski definition) is 0. The van der Waals surface area contributed by atoms with E-state index >= 15 is 0 Å². The number of benzene rings is 1. The Kier molecular flexibility index (Phi) is 6.38. The summed E-state index contributed by atoms with van der Waals surface area (Å²) in [7, 11) is 0. The van der Waals surface area contributed by atoms with Crippen LogP contribution in [0.5, 0.6) is 0 Å². The maximum atomic E-state index is 13.0. The third-order valence-electron chi connectivity index (χ3n) is 5.04. The molecule has 144 valence electrons. The minimum atomic E-state index is -0.305. The zero-order valence-corrected chi connectivity index (χ0v) is 16.7. The molecule has 0 bridgehead atoms. The van der Waals surface area contributed by atoms with Gasteiger partial charge in [0, 0.05) is 22.8 Å². The average molecular weight is 388 g/mol. The lowest BCUT2D eigenvalue weighted by atomic mass is 10.00. The number of nitrogens with zero attached hydrogens (tertiary/aromatic N) is 1. The lowest BCUT2D eigenvalue weighted by molar-refractivity contribution is -0.146. The van der Waals surface area contributed by atoms with Crippen LogP contribution in [0, 0.1) is 5.92 Å². The second kappa shape index (κ2) is 8.75. The van der Waals surface area contributed by atoms with Crippen molar-refractivity contribution in [2.75, 3.05) is 6.61 Å². The third kappa shape index (κ3) is 4.62. The zero-order chi connectivity index (χ0) is 19.4. The Morgan fingerprint density at radius 1 is 1.22 bits per heavy atom. The topological polar surface area (TPSA) is 48.3 Å². The van der Waals surface area contributed by atoms with Gasteiger partial charge in [-0.1, -0.05) is 44.0 Å². The molecular formula is C22H26ClNO3. The van der Waals surface area contributed by atoms with Crippen LogP contribution in [0.25, 0.3) is 0 Å². The molecule has 0 saturated heterocycles. The van der Waals surface area contributed by atoms with Gasteiger partial charge in [0.25, 0.3) is 0 Å². The van der Waals surface area contributed by atoms with Crippen molar-refractivity contribution >= 4 is 23.4 Å². The Hall–Kier alpha value is -2.07. The highest BCUT2D eigenvalue weighted by molar-refractivity contribution is 6.31. The number of ether oxygens (including phenoxy) is 1. The van der Waals surface area contributed by atoms with Crippen molar-refractivity contribution in [1.82, 2.24) is 4.57 Å². The number of esters is 1. The Labute approximate surface area is 165 Å². The van der Waals surface area contributed by atoms with Crippen molar-refractivity contribution in [2.24, 2.45) is 5.92 Å². The van der Waals surface area contributed by atoms with Crippen molar-refractivity contribution in [1.29, 1.82) is 0 Å². The fraction of sp³-hybridized carbons (Fsp3) is 0.455. The van der Waals surface area contributed by atoms with Gasteiger partial charge in [-0.3, -0.25) is 9.59 Å². The number of halogens is 1. The van der Waals surface area contributed by atoms with E-state index in [4.69, 9.17) is 16.3 Å². The Balaban J connectivity index is 1.84. The van der Waals surface area contributed by atoms with Crippen LogP contribution in [0.15, 0.2) is 36.4 Å². The van der Waals surface area contributed by atoms with Gasteiger partial charge in [-0.15, -0.1) is 0 Å². The molecule has 2 heterocycles. The molecule has 2 aromatic rings. The Bertz CT molecular complexity index is 825. The number of hydrogen-bond acceptors (Lipinski definition) is 3. The second-order valence-corrected chi connectivity index (χ2v) is 7.97. The van der Waals surface area contributed by atoms with Gasteiger partial charge in [0.05, 0.1) is 18.2 Å². The lowest BCUT2D eigenvalue weighted by Gasteiger charge is -2.17. The van der Waals surface area contributed by atoms with Gasteiger partial charge in [0.2, 0.25) is 5.78 Å². The minimum Gasteiger partial charge on any atom is -0.465 e. The molecule has 3 rings (SSSR count). The molecule has 1 atom stereocenters. The van der Waals surface area contributed by atoms with E-state index in [2.05, 4.69) is 13.8 Å². The largest absolute Gasteiger partial charge is 0.465 e. The van der Waals surface area contributed by atoms with Crippen LogP contribution in [0.1, 0.15) is 67.2 Å². The van der Waals surface area contributed by atoms with Crippen LogP contribution < -0.4 is 0 Å². The van der Waals surface area contributed by atoms with Crippen molar-refractivity contribution in [3.05, 3.63) is 58.4 Å². The van der Waals surface area contributed by atoms with E-state index in [9.17, 15) is 9.59 Å². The van der Waals surface area contributed by atoms with Gasteiger partial charge < -0.3 is 9.30 Å². The summed E-state index contributed by atoms with van der Waals surface area (Å²) < 4.78 is 7.51. The van der Waals surface area contributed by atoms with E-state index in [1.54, 1.807) is 24.3 Å². The van der Waals surface area contributed by atoms with Gasteiger partial charge >= 0.3 is 5.97 Å². The quantitative estimate of drug-likeness (QED) is 0.503. The first-order chi connectivity index (χ1) is 13.0. The maximum Gasteiger partial charge on any atom is 0.314 e. The first-order valence-electron chi connectivity index (χ1n) is 9.63. The van der Waals surface area contributed by atoms with Crippen LogP contribution >= 0.6 is 11.6 Å². The summed E-state index contributed by atoms with van der Waals surface area (Å²) >= 11 is 6.03. The first kappa shape index (κ1) is 19.7. The smallest absolute Gasteiger partial charge is 0.314 e. The van der Waals surface area contributed by atoms with E-state index < -0.39 is 0 Å². The predicted molar refractivity (Wildman–Crippen MR) is 106 cm³/mol. The summed E-state index contributed by atoms with van der Waals surface area (Å²) in [5, 5.41) is 0.537. The molecule has 27 heavy (non-hydrogen) atoms. The minimum absolute atomic E-state index is 0.0717. The summed E-state index contributed by atoms with van der Waals surface area (Å²) in [6.45, 7) is 5.40. The van der Waals surface area contributed by atoms with Crippen molar-refractivity contribution < 1.29 is 14.3 Å². The monoisotopic (exact) mass is 387 g/mol. The molecule has 0 radical (unpaired) electrons. The molecule has 0 N–H and O–H groups in total. The van der Waals surface area contributed by atoms with Crippen LogP contribution in [-0.4, -0.2) is 22.9 Å². The van der Waals surface area contributed by atoms with Gasteiger partial charge in [-0.2, -0.15) is 0 Å². The van der Waals surface area contributed by atoms with Crippen LogP contribution in [0.4, 0.5) is 0 Å². The highest BCUT2D eigenvalue weighted by Gasteiger charge is 2.29. The molecule has 1 unspecified atom stereocenters. The number of fused-ring (bicyclic) bond motifs is 1. The van der Waals surface area contributed by atoms with Crippen LogP contribution in [-0.2, 0) is 16.1 Å². The molecule has 0 aliphatic carbocycles. The average Bonchev–Trinajstić information content (AvgIpc) is 2.92. The summed E-state index contributed by atoms with van der Waals surface area (Å²) in [5.41, 5.74) is 2.05. The Morgan fingerprint density at radius 3 is 2.78 bits per heavy atom. The normalized spacial score (nSPS) is 16.7. The van der Waals surface area contributed by atoms with E-state index in [1.807, 2.05) is 16.7 Å². The fourth-order valence-electron chi connectivity index (χ4n) is 3.51. The molecule has 0 amide bonds. The van der Waals surface area contributed by atoms with Gasteiger partial charge in [-0.25, -0.2) is 0 Å². The summed E-state index contributed by atoms with van der Waals surface area (Å²) in [5.74, 6) is -0.0606. The summed E-state index contributed by atoms with van der Waals surface area (Å²) in [4.78, 5) is 25.6. The van der Waals surface area contributed by atoms with Gasteiger partial charge in [-0.05, 0) is 49.4 Å². The highest BCUT2D eigenvalue weighted by Crippen LogP contribution is 2.31. The van der Waals surface area contributed by atoms with E-state index in [1.165, 1.54) is 0 Å². The van der Waals surface area contributed by atoms with Crippen LogP contribution in [0.2, 0.25) is 5.02 Å². The molecule has 1 aliphatic rings. The van der Waals surface area contributed by atoms with E-state index in [0.29, 0.717) is 28.8 Å². The van der Waals surface area contributed by atoms with Gasteiger partial charge in [0.15, 0.2) is 0 Å². The first-order valence-corrected chi connectivity index (χ1v) is 10.0. The molecule has 5 heteroatoms. The number of carbonyl (C=O) groups is 2. The molecular weight excluding hydrogens is 362 g/mol. The molecule has 0 fully saturated rings. The molecule has 1 aromatic carbocycles. The van der Waals surface area contributed by atoms with Crippen molar-refractivity contribution in [2.45, 2.75) is 52.0 Å². The van der Waals surface area contributed by atoms with Gasteiger partial charge in [0.1, 0.15) is 0 Å². The summed E-state index contributed by atoms with van der Waals surface area (Å²) in [6, 6.07) is 10.7. The number of rotatable bonds is 6. The lowest BCUT2D eigenvalue weighted by Crippen LogP contribution is -2.20. The predicted octanol–water partition coefficient (Wildman–Crippen LogP) is 5.23. The number of carbonyl (C=O) groups excluding carboxylic acids is 2. The van der Waals surface area contributed by atoms with Crippen molar-refractivity contribution in [3.8, 4) is 0 Å². The number of ketones is 1. The fourth-order valence-corrected chi connectivity index (χ4v) is 3.70. The summed E-state index contributed by atoms with van der Waals surface area (Å²) in [6.07, 6.45) is 3.50. The molecule has 0 saturated carbocycles. The molecule has 0 spiro atoms. The third-order valence-corrected chi connectivity index (χ3v) is 5.27. The number of aromatic nitrogens is 1. The molecule has 4 nitrogen and oxygen atoms in total. The van der Waals surface area contributed by atoms with E-state index in [0.717, 1.165) is 37.9 Å². The SMILES string of the molecule is CC(C)CCOC(=O)C1CCCCn2c(C(=O)c3cccc(Cl)c3)ccc21. The molecule has 1 aromatic heterocycles. The Morgan fingerprint density at radius 2 is 2.04 bits per heavy atom. The van der Waals surface area contributed by atoms with Crippen LogP contribution in [0.3, 0.4) is 0 Å². The maximum absolute atomic E-state index is 13.0. The molecule has 1 aliphatic heterocycles. The zero-order valence-electron chi connectivity index (χ0n) is 15.9. The van der Waals surface area contributed by atoms with E-state index in [-0.39, 0.29) is 17.7 Å². The standard InChI is InChI=1S/C22H26ClNO3/c1-15(2)11-13-27-22(26)18-8-3-4-12-24-19(18)9-10-20(24)21(25)16-6-5-7-17(23)14-16/h5-7,9-10,14-15,18H,3-4,8,11-13H2,1-2H3.